The SMILES string of the molecule is C=C(Cl)CN1CCN(C)CC1CN. The molecule has 0 amide bonds. The highest BCUT2D eigenvalue weighted by atomic mass is 35.5. The lowest BCUT2D eigenvalue weighted by atomic mass is 10.2. The molecule has 1 fully saturated rings. The highest BCUT2D eigenvalue weighted by molar-refractivity contribution is 6.29. The van der Waals surface area contributed by atoms with Crippen LogP contribution in [0, 0.1) is 0 Å². The van der Waals surface area contributed by atoms with Crippen molar-refractivity contribution in [3.63, 3.8) is 0 Å². The normalized spacial score (nSPS) is 26.2. The average Bonchev–Trinajstić information content (AvgIpc) is 2.07. The van der Waals surface area contributed by atoms with Gasteiger partial charge in [0.2, 0.25) is 0 Å². The summed E-state index contributed by atoms with van der Waals surface area (Å²) in [5.74, 6) is 0. The third-order valence-corrected chi connectivity index (χ3v) is 2.57. The van der Waals surface area contributed by atoms with E-state index >= 15 is 0 Å². The van der Waals surface area contributed by atoms with Crippen LogP contribution >= 0.6 is 11.6 Å². The zero-order valence-corrected chi connectivity index (χ0v) is 8.93. The molecule has 0 aromatic carbocycles. The Kier molecular flexibility index (Phi) is 4.19. The zero-order chi connectivity index (χ0) is 9.84. The monoisotopic (exact) mass is 203 g/mol. The smallest absolute Gasteiger partial charge is 0.0349 e. The summed E-state index contributed by atoms with van der Waals surface area (Å²) in [4.78, 5) is 4.60. The van der Waals surface area contributed by atoms with Crippen LogP contribution in [0.4, 0.5) is 0 Å². The van der Waals surface area contributed by atoms with Gasteiger partial charge in [0, 0.05) is 43.8 Å². The van der Waals surface area contributed by atoms with E-state index in [1.54, 1.807) is 0 Å². The van der Waals surface area contributed by atoms with Crippen LogP contribution in [0.2, 0.25) is 0 Å². The number of rotatable bonds is 3. The standard InChI is InChI=1S/C9H18ClN3/c1-8(10)6-13-4-3-12(2)7-9(13)5-11/h9H,1,3-7,11H2,2H3. The van der Waals surface area contributed by atoms with Crippen molar-refractivity contribution in [1.82, 2.24) is 9.80 Å². The Morgan fingerprint density at radius 2 is 2.31 bits per heavy atom. The van der Waals surface area contributed by atoms with Gasteiger partial charge in [-0.05, 0) is 7.05 Å². The topological polar surface area (TPSA) is 32.5 Å². The molecule has 1 atom stereocenters. The van der Waals surface area contributed by atoms with E-state index in [0.29, 0.717) is 17.6 Å². The summed E-state index contributed by atoms with van der Waals surface area (Å²) in [7, 11) is 2.12. The molecule has 76 valence electrons. The van der Waals surface area contributed by atoms with Crippen LogP contribution in [-0.2, 0) is 0 Å². The molecule has 0 spiro atoms. The minimum atomic E-state index is 0.425. The highest BCUT2D eigenvalue weighted by Gasteiger charge is 2.23. The largest absolute Gasteiger partial charge is 0.329 e. The molecule has 1 rings (SSSR count). The zero-order valence-electron chi connectivity index (χ0n) is 8.17. The maximum Gasteiger partial charge on any atom is 0.0349 e. The summed E-state index contributed by atoms with van der Waals surface area (Å²) in [6.07, 6.45) is 0. The average molecular weight is 204 g/mol. The van der Waals surface area contributed by atoms with Crippen molar-refractivity contribution in [2.45, 2.75) is 6.04 Å². The number of nitrogens with zero attached hydrogens (tertiary/aromatic N) is 2. The molecule has 3 nitrogen and oxygen atoms in total. The second-order valence-electron chi connectivity index (χ2n) is 3.64. The second kappa shape index (κ2) is 4.96. The molecule has 1 heterocycles. The van der Waals surface area contributed by atoms with E-state index in [0.717, 1.165) is 26.2 Å². The maximum atomic E-state index is 5.78. The van der Waals surface area contributed by atoms with Crippen LogP contribution in [0.5, 0.6) is 0 Å². The molecule has 1 unspecified atom stereocenters. The maximum absolute atomic E-state index is 5.78. The predicted octanol–water partition coefficient (Wildman–Crippen LogP) is 0.314. The van der Waals surface area contributed by atoms with E-state index in [2.05, 4.69) is 23.4 Å². The minimum absolute atomic E-state index is 0.425. The molecule has 1 saturated heterocycles. The van der Waals surface area contributed by atoms with Crippen LogP contribution in [-0.4, -0.2) is 55.6 Å². The number of likely N-dealkylation sites (N-methyl/N-ethyl adjacent to an activating group) is 1. The van der Waals surface area contributed by atoms with E-state index < -0.39 is 0 Å². The van der Waals surface area contributed by atoms with Crippen molar-refractivity contribution in [3.05, 3.63) is 11.6 Å². The Morgan fingerprint density at radius 3 is 2.85 bits per heavy atom. The lowest BCUT2D eigenvalue weighted by molar-refractivity contribution is 0.105. The number of nitrogens with two attached hydrogens (primary N) is 1. The lowest BCUT2D eigenvalue weighted by Gasteiger charge is -2.39. The van der Waals surface area contributed by atoms with Crippen LogP contribution in [0.25, 0.3) is 0 Å². The van der Waals surface area contributed by atoms with Crippen LogP contribution < -0.4 is 5.73 Å². The third kappa shape index (κ3) is 3.27. The van der Waals surface area contributed by atoms with Crippen molar-refractivity contribution >= 4 is 11.6 Å². The van der Waals surface area contributed by atoms with Gasteiger partial charge in [0.15, 0.2) is 0 Å². The summed E-state index contributed by atoms with van der Waals surface area (Å²) in [5.41, 5.74) is 5.69. The molecule has 0 radical (unpaired) electrons. The molecule has 0 aromatic rings. The van der Waals surface area contributed by atoms with E-state index in [1.807, 2.05) is 0 Å². The number of hydrogen-bond acceptors (Lipinski definition) is 3. The van der Waals surface area contributed by atoms with E-state index in [4.69, 9.17) is 17.3 Å². The number of hydrogen-bond donors (Lipinski definition) is 1. The predicted molar refractivity (Wildman–Crippen MR) is 56.9 cm³/mol. The van der Waals surface area contributed by atoms with Gasteiger partial charge in [-0.3, -0.25) is 4.90 Å². The van der Waals surface area contributed by atoms with E-state index in [-0.39, 0.29) is 0 Å². The fraction of sp³-hybridized carbons (Fsp3) is 0.778. The van der Waals surface area contributed by atoms with Gasteiger partial charge < -0.3 is 10.6 Å². The summed E-state index contributed by atoms with van der Waals surface area (Å²) in [5, 5.41) is 0.697. The van der Waals surface area contributed by atoms with Crippen molar-refractivity contribution in [2.75, 3.05) is 39.8 Å². The van der Waals surface area contributed by atoms with Gasteiger partial charge >= 0.3 is 0 Å². The molecule has 1 aliphatic rings. The van der Waals surface area contributed by atoms with Gasteiger partial charge in [0.05, 0.1) is 0 Å². The van der Waals surface area contributed by atoms with Gasteiger partial charge in [-0.15, -0.1) is 0 Å². The summed E-state index contributed by atoms with van der Waals surface area (Å²) in [6.45, 7) is 8.30. The minimum Gasteiger partial charge on any atom is -0.329 e. The van der Waals surface area contributed by atoms with Gasteiger partial charge in [0.1, 0.15) is 0 Å². The first-order chi connectivity index (χ1) is 6.13. The summed E-state index contributed by atoms with van der Waals surface area (Å²) < 4.78 is 0. The Balaban J connectivity index is 2.47. The van der Waals surface area contributed by atoms with Crippen LogP contribution in [0.15, 0.2) is 11.6 Å². The van der Waals surface area contributed by atoms with Gasteiger partial charge in [0.25, 0.3) is 0 Å². The second-order valence-corrected chi connectivity index (χ2v) is 4.17. The van der Waals surface area contributed by atoms with Crippen molar-refractivity contribution in [1.29, 1.82) is 0 Å². The Hall–Kier alpha value is -0.0900. The third-order valence-electron chi connectivity index (χ3n) is 2.45. The highest BCUT2D eigenvalue weighted by Crippen LogP contribution is 2.10. The Morgan fingerprint density at radius 1 is 1.62 bits per heavy atom. The number of halogens is 1. The molecular weight excluding hydrogens is 186 g/mol. The lowest BCUT2D eigenvalue weighted by Crippen LogP contribution is -2.54. The molecule has 13 heavy (non-hydrogen) atoms. The fourth-order valence-corrected chi connectivity index (χ4v) is 1.85. The van der Waals surface area contributed by atoms with Gasteiger partial charge in [-0.1, -0.05) is 18.2 Å². The van der Waals surface area contributed by atoms with Crippen LogP contribution in [0.3, 0.4) is 0 Å². The first-order valence-corrected chi connectivity index (χ1v) is 4.97. The Labute approximate surface area is 85.1 Å². The van der Waals surface area contributed by atoms with Gasteiger partial charge in [-0.2, -0.15) is 0 Å². The molecular formula is C9H18ClN3. The quantitative estimate of drug-likeness (QED) is 0.717. The molecule has 0 saturated carbocycles. The molecule has 0 bridgehead atoms. The first-order valence-electron chi connectivity index (χ1n) is 4.59. The summed E-state index contributed by atoms with van der Waals surface area (Å²) in [6, 6.07) is 0.425. The Bertz CT molecular complexity index is 184. The van der Waals surface area contributed by atoms with E-state index in [1.165, 1.54) is 0 Å². The van der Waals surface area contributed by atoms with Crippen LogP contribution in [0.1, 0.15) is 0 Å². The first kappa shape index (κ1) is 11.0. The molecule has 0 aromatic heterocycles. The van der Waals surface area contributed by atoms with Crippen molar-refractivity contribution in [3.8, 4) is 0 Å². The molecule has 2 N–H and O–H groups in total. The molecule has 0 aliphatic carbocycles. The van der Waals surface area contributed by atoms with Gasteiger partial charge in [-0.25, -0.2) is 0 Å². The van der Waals surface area contributed by atoms with E-state index in [9.17, 15) is 0 Å². The molecule has 4 heteroatoms. The fourth-order valence-electron chi connectivity index (χ4n) is 1.70. The van der Waals surface area contributed by atoms with Crippen molar-refractivity contribution < 1.29 is 0 Å². The summed E-state index contributed by atoms with van der Waals surface area (Å²) >= 11 is 5.78. The number of piperazine rings is 1. The van der Waals surface area contributed by atoms with Crippen molar-refractivity contribution in [2.24, 2.45) is 5.73 Å². The molecule has 1 aliphatic heterocycles.